The van der Waals surface area contributed by atoms with Gasteiger partial charge in [0.1, 0.15) is 8.24 Å². The lowest BCUT2D eigenvalue weighted by Gasteiger charge is -2.51. The van der Waals surface area contributed by atoms with Crippen molar-refractivity contribution in [2.45, 2.75) is 46.0 Å². The molecule has 2 aromatic carbocycles. The summed E-state index contributed by atoms with van der Waals surface area (Å²) in [4.78, 5) is 0. The number of nitrogens with zero attached hydrogens (tertiary/aromatic N) is 1. The summed E-state index contributed by atoms with van der Waals surface area (Å²) in [6.07, 6.45) is 4.86. The number of hydrogen-bond acceptors (Lipinski definition) is 1. The lowest BCUT2D eigenvalue weighted by atomic mass is 9.98. The third-order valence-corrected chi connectivity index (χ3v) is 13.6. The Morgan fingerprint density at radius 1 is 0.808 bits per heavy atom. The Kier molecular flexibility index (Phi) is 5.24. The van der Waals surface area contributed by atoms with Crippen LogP contribution in [-0.2, 0) is 0 Å². The van der Waals surface area contributed by atoms with E-state index < -0.39 is 17.2 Å². The fraction of sp³-hybridized carbons (Fsp3) is 0.304. The fourth-order valence-electron chi connectivity index (χ4n) is 4.46. The van der Waals surface area contributed by atoms with Crippen molar-refractivity contribution in [3.8, 4) is 0 Å². The van der Waals surface area contributed by atoms with Crippen LogP contribution in [0.1, 0.15) is 20.8 Å². The van der Waals surface area contributed by atoms with Crippen LogP contribution in [-0.4, -0.2) is 27.0 Å². The summed E-state index contributed by atoms with van der Waals surface area (Å²) in [5.74, 6) is 0. The molecule has 0 bridgehead atoms. The van der Waals surface area contributed by atoms with Gasteiger partial charge in [0.05, 0.1) is 0 Å². The van der Waals surface area contributed by atoms with Crippen LogP contribution in [0.15, 0.2) is 84.0 Å². The molecular formula is C23H31NSi2. The first-order chi connectivity index (χ1) is 12.2. The molecule has 26 heavy (non-hydrogen) atoms. The van der Waals surface area contributed by atoms with Crippen molar-refractivity contribution in [2.75, 3.05) is 0 Å². The molecule has 0 radical (unpaired) electrons. The molecule has 0 amide bonds. The van der Waals surface area contributed by atoms with Crippen LogP contribution in [0.3, 0.4) is 0 Å². The largest absolute Gasteiger partial charge is 0.329 e. The fourth-order valence-corrected chi connectivity index (χ4v) is 13.1. The second-order valence-electron chi connectivity index (χ2n) is 8.63. The summed E-state index contributed by atoms with van der Waals surface area (Å²) in [5.41, 5.74) is 2.88. The van der Waals surface area contributed by atoms with Crippen molar-refractivity contribution < 1.29 is 0 Å². The van der Waals surface area contributed by atoms with Crippen LogP contribution in [0.4, 0.5) is 0 Å². The minimum absolute atomic E-state index is 0.0110. The summed E-state index contributed by atoms with van der Waals surface area (Å²) in [7, 11) is -3.18. The van der Waals surface area contributed by atoms with Gasteiger partial charge in [0.25, 0.3) is 0 Å². The van der Waals surface area contributed by atoms with Gasteiger partial charge in [-0.15, -0.1) is 0 Å². The summed E-state index contributed by atoms with van der Waals surface area (Å²) < 4.78 is 2.95. The zero-order valence-electron chi connectivity index (χ0n) is 17.0. The van der Waals surface area contributed by atoms with Gasteiger partial charge in [-0.1, -0.05) is 104 Å². The Bertz CT molecular complexity index is 779. The molecular weight excluding hydrogens is 346 g/mol. The molecule has 0 aliphatic heterocycles. The van der Waals surface area contributed by atoms with Crippen molar-refractivity contribution in [2.24, 2.45) is 0 Å². The Balaban J connectivity index is 2.24. The lowest BCUT2D eigenvalue weighted by molar-refractivity contribution is 0.438. The molecule has 0 N–H and O–H groups in total. The Morgan fingerprint density at radius 2 is 1.27 bits per heavy atom. The van der Waals surface area contributed by atoms with E-state index in [4.69, 9.17) is 0 Å². The smallest absolute Gasteiger partial charge is 0.170 e. The minimum Gasteiger partial charge on any atom is -0.329 e. The molecule has 0 aromatic heterocycles. The van der Waals surface area contributed by atoms with E-state index in [2.05, 4.69) is 117 Å². The maximum atomic E-state index is 2.95. The molecule has 0 fully saturated rings. The highest BCUT2D eigenvalue weighted by molar-refractivity contribution is 6.94. The molecule has 0 heterocycles. The molecule has 3 rings (SSSR count). The second-order valence-corrected chi connectivity index (χ2v) is 16.6. The van der Waals surface area contributed by atoms with Crippen LogP contribution < -0.4 is 10.4 Å². The van der Waals surface area contributed by atoms with Gasteiger partial charge in [-0.25, -0.2) is 0 Å². The van der Waals surface area contributed by atoms with Crippen LogP contribution in [0.5, 0.6) is 0 Å². The molecule has 1 aliphatic carbocycles. The molecule has 136 valence electrons. The summed E-state index contributed by atoms with van der Waals surface area (Å²) in [6, 6.07) is 22.4. The first kappa shape index (κ1) is 19.1. The van der Waals surface area contributed by atoms with Crippen molar-refractivity contribution in [3.05, 3.63) is 84.0 Å². The molecule has 1 nitrogen and oxygen atoms in total. The van der Waals surface area contributed by atoms with E-state index in [0.717, 1.165) is 0 Å². The van der Waals surface area contributed by atoms with E-state index in [1.165, 1.54) is 21.5 Å². The van der Waals surface area contributed by atoms with Gasteiger partial charge in [0.15, 0.2) is 8.96 Å². The first-order valence-electron chi connectivity index (χ1n) is 9.51. The molecule has 1 atom stereocenters. The van der Waals surface area contributed by atoms with Gasteiger partial charge in [-0.2, -0.15) is 0 Å². The van der Waals surface area contributed by atoms with Crippen molar-refractivity contribution in [3.63, 3.8) is 0 Å². The maximum absolute atomic E-state index is 2.95. The molecule has 3 heteroatoms. The highest BCUT2D eigenvalue weighted by atomic mass is 28.4. The predicted molar refractivity (Wildman–Crippen MR) is 120 cm³/mol. The van der Waals surface area contributed by atoms with Crippen molar-refractivity contribution in [1.82, 2.24) is 4.23 Å². The molecule has 1 unspecified atom stereocenters. The summed E-state index contributed by atoms with van der Waals surface area (Å²) in [5, 5.41) is 3.02. The van der Waals surface area contributed by atoms with Gasteiger partial charge in [0, 0.05) is 5.54 Å². The molecule has 0 saturated carbocycles. The highest BCUT2D eigenvalue weighted by Gasteiger charge is 2.46. The Morgan fingerprint density at radius 3 is 1.62 bits per heavy atom. The Labute approximate surface area is 161 Å². The lowest BCUT2D eigenvalue weighted by Crippen LogP contribution is -2.71. The molecule has 2 aromatic rings. The average molecular weight is 378 g/mol. The molecule has 0 saturated heterocycles. The standard InChI is InChI=1S/C23H31NSi2/c1-19-17-20(2)23(3,18-19)24(26(4,5)6)25(21-13-9-7-10-14-21)22-15-11-8-12-16-22/h7-18,25H,1-6H3. The van der Waals surface area contributed by atoms with Crippen LogP contribution in [0, 0.1) is 0 Å². The zero-order valence-corrected chi connectivity index (χ0v) is 19.1. The van der Waals surface area contributed by atoms with E-state index in [9.17, 15) is 0 Å². The number of benzene rings is 2. The van der Waals surface area contributed by atoms with Gasteiger partial charge in [0.2, 0.25) is 0 Å². The van der Waals surface area contributed by atoms with Crippen LogP contribution in [0.2, 0.25) is 19.6 Å². The van der Waals surface area contributed by atoms with E-state index in [1.807, 2.05) is 0 Å². The SMILES string of the molecule is CC1=CC(C)(N([SiH](c2ccccc2)c2ccccc2)[Si](C)(C)C)C(C)=C1. The number of hydrogen-bond donors (Lipinski definition) is 0. The van der Waals surface area contributed by atoms with Gasteiger partial charge >= 0.3 is 0 Å². The van der Waals surface area contributed by atoms with E-state index in [-0.39, 0.29) is 5.54 Å². The third kappa shape index (κ3) is 3.57. The van der Waals surface area contributed by atoms with Crippen molar-refractivity contribution in [1.29, 1.82) is 0 Å². The summed E-state index contributed by atoms with van der Waals surface area (Å²) in [6.45, 7) is 14.5. The average Bonchev–Trinajstić information content (AvgIpc) is 2.85. The number of rotatable bonds is 5. The molecule has 0 spiro atoms. The van der Waals surface area contributed by atoms with Crippen LogP contribution >= 0.6 is 0 Å². The monoisotopic (exact) mass is 377 g/mol. The van der Waals surface area contributed by atoms with E-state index in [0.29, 0.717) is 0 Å². The third-order valence-electron chi connectivity index (χ3n) is 5.46. The maximum Gasteiger partial charge on any atom is 0.170 e. The topological polar surface area (TPSA) is 3.24 Å². The quantitative estimate of drug-likeness (QED) is 0.701. The van der Waals surface area contributed by atoms with Crippen LogP contribution in [0.25, 0.3) is 0 Å². The number of allylic oxidation sites excluding steroid dienone is 2. The Hall–Kier alpha value is -1.69. The highest BCUT2D eigenvalue weighted by Crippen LogP contribution is 2.37. The normalized spacial score (nSPS) is 20.5. The van der Waals surface area contributed by atoms with Gasteiger partial charge in [-0.05, 0) is 31.1 Å². The van der Waals surface area contributed by atoms with Gasteiger partial charge in [-0.3, -0.25) is 0 Å². The predicted octanol–water partition coefficient (Wildman–Crippen LogP) is 4.33. The van der Waals surface area contributed by atoms with E-state index in [1.54, 1.807) is 0 Å². The second kappa shape index (κ2) is 7.14. The zero-order chi connectivity index (χ0) is 18.9. The van der Waals surface area contributed by atoms with E-state index >= 15 is 0 Å². The minimum atomic E-state index is -1.61. The molecule has 1 aliphatic rings. The summed E-state index contributed by atoms with van der Waals surface area (Å²) >= 11 is 0. The first-order valence-corrected chi connectivity index (χ1v) is 14.6. The van der Waals surface area contributed by atoms with Crippen molar-refractivity contribution >= 4 is 27.6 Å². The van der Waals surface area contributed by atoms with Gasteiger partial charge < -0.3 is 4.23 Å².